The standard InChI is InChI=1S/C20H25F2NO/c21-19(22)24-18-3-1-14(2-4-18)13-23-6-5-20-10-15-7-16(11-20)9-17(8-15)12-20/h1-4,13,15-17,19H,5-12H2. The average Bonchev–Trinajstić information content (AvgIpc) is 2.51. The van der Waals surface area contributed by atoms with Crippen molar-refractivity contribution >= 4 is 6.21 Å². The number of hydrogen-bond donors (Lipinski definition) is 0. The maximum Gasteiger partial charge on any atom is 0.387 e. The van der Waals surface area contributed by atoms with Gasteiger partial charge in [-0.2, -0.15) is 8.78 Å². The van der Waals surface area contributed by atoms with Gasteiger partial charge >= 0.3 is 6.61 Å². The SMILES string of the molecule is FC(F)Oc1ccc(C=NCCC23CC4CC(CC(C4)C2)C3)cc1. The number of rotatable bonds is 6. The van der Waals surface area contributed by atoms with Crippen LogP contribution >= 0.6 is 0 Å². The molecule has 0 heterocycles. The van der Waals surface area contributed by atoms with E-state index in [2.05, 4.69) is 9.73 Å². The maximum atomic E-state index is 12.1. The summed E-state index contributed by atoms with van der Waals surface area (Å²) < 4.78 is 28.6. The molecule has 0 radical (unpaired) electrons. The zero-order valence-corrected chi connectivity index (χ0v) is 14.0. The monoisotopic (exact) mass is 333 g/mol. The van der Waals surface area contributed by atoms with E-state index in [1.54, 1.807) is 24.3 Å². The Balaban J connectivity index is 1.30. The third-order valence-corrected chi connectivity index (χ3v) is 6.28. The van der Waals surface area contributed by atoms with Gasteiger partial charge in [0, 0.05) is 12.8 Å². The highest BCUT2D eigenvalue weighted by atomic mass is 19.3. The lowest BCUT2D eigenvalue weighted by Gasteiger charge is -2.57. The van der Waals surface area contributed by atoms with E-state index in [0.717, 1.165) is 29.9 Å². The van der Waals surface area contributed by atoms with Crippen LogP contribution in [0.5, 0.6) is 5.75 Å². The highest BCUT2D eigenvalue weighted by molar-refractivity contribution is 5.79. The van der Waals surface area contributed by atoms with E-state index in [9.17, 15) is 8.78 Å². The number of benzene rings is 1. The van der Waals surface area contributed by atoms with Crippen molar-refractivity contribution in [2.24, 2.45) is 28.2 Å². The molecular weight excluding hydrogens is 308 g/mol. The minimum absolute atomic E-state index is 0.190. The van der Waals surface area contributed by atoms with Crippen LogP contribution in [0.15, 0.2) is 29.3 Å². The predicted molar refractivity (Wildman–Crippen MR) is 90.8 cm³/mol. The molecule has 4 heteroatoms. The van der Waals surface area contributed by atoms with Gasteiger partial charge < -0.3 is 4.74 Å². The van der Waals surface area contributed by atoms with E-state index in [4.69, 9.17) is 0 Å². The minimum Gasteiger partial charge on any atom is -0.435 e. The summed E-state index contributed by atoms with van der Waals surface area (Å²) in [6, 6.07) is 6.66. The van der Waals surface area contributed by atoms with Crippen LogP contribution in [-0.4, -0.2) is 19.4 Å². The van der Waals surface area contributed by atoms with Crippen LogP contribution in [0.25, 0.3) is 0 Å². The summed E-state index contributed by atoms with van der Waals surface area (Å²) in [6.07, 6.45) is 11.8. The van der Waals surface area contributed by atoms with Gasteiger partial charge in [0.25, 0.3) is 0 Å². The van der Waals surface area contributed by atoms with E-state index in [-0.39, 0.29) is 5.75 Å². The van der Waals surface area contributed by atoms with Crippen LogP contribution < -0.4 is 4.74 Å². The Morgan fingerprint density at radius 3 is 2.17 bits per heavy atom. The normalized spacial score (nSPS) is 34.4. The van der Waals surface area contributed by atoms with Gasteiger partial charge in [-0.1, -0.05) is 0 Å². The summed E-state index contributed by atoms with van der Waals surface area (Å²) >= 11 is 0. The first-order valence-electron chi connectivity index (χ1n) is 9.15. The van der Waals surface area contributed by atoms with E-state index in [1.807, 2.05) is 6.21 Å². The molecule has 4 aliphatic rings. The summed E-state index contributed by atoms with van der Waals surface area (Å²) in [5.74, 6) is 3.16. The molecule has 4 aliphatic carbocycles. The third-order valence-electron chi connectivity index (χ3n) is 6.28. The topological polar surface area (TPSA) is 21.6 Å². The van der Waals surface area contributed by atoms with Gasteiger partial charge in [-0.05, 0) is 97.9 Å². The Hall–Kier alpha value is -1.45. The Morgan fingerprint density at radius 1 is 1.04 bits per heavy atom. The van der Waals surface area contributed by atoms with Crippen molar-refractivity contribution in [3.63, 3.8) is 0 Å². The van der Waals surface area contributed by atoms with E-state index in [0.29, 0.717) is 5.41 Å². The van der Waals surface area contributed by atoms with Crippen molar-refractivity contribution in [3.05, 3.63) is 29.8 Å². The highest BCUT2D eigenvalue weighted by Crippen LogP contribution is 2.61. The lowest BCUT2D eigenvalue weighted by Crippen LogP contribution is -2.46. The summed E-state index contributed by atoms with van der Waals surface area (Å²) in [6.45, 7) is -1.90. The fraction of sp³-hybridized carbons (Fsp3) is 0.650. The zero-order chi connectivity index (χ0) is 16.6. The van der Waals surface area contributed by atoms with Crippen LogP contribution in [0.2, 0.25) is 0 Å². The highest BCUT2D eigenvalue weighted by Gasteiger charge is 2.50. The fourth-order valence-corrected chi connectivity index (χ4v) is 5.80. The Kier molecular flexibility index (Phi) is 4.31. The van der Waals surface area contributed by atoms with Crippen LogP contribution in [0.1, 0.15) is 50.5 Å². The van der Waals surface area contributed by atoms with Crippen molar-refractivity contribution in [1.82, 2.24) is 0 Å². The Labute approximate surface area is 142 Å². The molecule has 0 N–H and O–H groups in total. The van der Waals surface area contributed by atoms with Gasteiger partial charge in [0.05, 0.1) is 0 Å². The average molecular weight is 333 g/mol. The van der Waals surface area contributed by atoms with Gasteiger partial charge in [0.15, 0.2) is 0 Å². The van der Waals surface area contributed by atoms with E-state index < -0.39 is 6.61 Å². The molecule has 24 heavy (non-hydrogen) atoms. The molecular formula is C20H25F2NO. The summed E-state index contributed by atoms with van der Waals surface area (Å²) in [5, 5.41) is 0. The second kappa shape index (κ2) is 6.45. The second-order valence-corrected chi connectivity index (χ2v) is 8.15. The number of aliphatic imine (C=N–C) groups is 1. The molecule has 0 saturated heterocycles. The number of nitrogens with zero attached hydrogens (tertiary/aromatic N) is 1. The Morgan fingerprint density at radius 2 is 1.62 bits per heavy atom. The van der Waals surface area contributed by atoms with Crippen molar-refractivity contribution in [3.8, 4) is 5.75 Å². The van der Waals surface area contributed by atoms with Gasteiger partial charge in [-0.15, -0.1) is 0 Å². The first-order chi connectivity index (χ1) is 11.6. The largest absolute Gasteiger partial charge is 0.435 e. The number of hydrogen-bond acceptors (Lipinski definition) is 2. The molecule has 0 spiro atoms. The van der Waals surface area contributed by atoms with Crippen LogP contribution in [0.4, 0.5) is 8.78 Å². The lowest BCUT2D eigenvalue weighted by atomic mass is 9.49. The quantitative estimate of drug-likeness (QED) is 0.646. The summed E-state index contributed by atoms with van der Waals surface area (Å²) in [7, 11) is 0. The molecule has 4 fully saturated rings. The molecule has 0 unspecified atom stereocenters. The molecule has 4 bridgehead atoms. The van der Waals surface area contributed by atoms with Gasteiger partial charge in [-0.25, -0.2) is 0 Å². The van der Waals surface area contributed by atoms with Gasteiger partial charge in [0.1, 0.15) is 5.75 Å². The first-order valence-corrected chi connectivity index (χ1v) is 9.15. The smallest absolute Gasteiger partial charge is 0.387 e. The fourth-order valence-electron chi connectivity index (χ4n) is 5.80. The molecule has 0 atom stereocenters. The second-order valence-electron chi connectivity index (χ2n) is 8.15. The number of ether oxygens (including phenoxy) is 1. The number of alkyl halides is 2. The van der Waals surface area contributed by atoms with Gasteiger partial charge in [-0.3, -0.25) is 4.99 Å². The molecule has 1 aromatic carbocycles. The maximum absolute atomic E-state index is 12.1. The number of halogens is 2. The molecule has 0 aromatic heterocycles. The lowest BCUT2D eigenvalue weighted by molar-refractivity contribution is -0.0556. The Bertz CT molecular complexity index is 561. The zero-order valence-electron chi connectivity index (χ0n) is 14.0. The van der Waals surface area contributed by atoms with Crippen molar-refractivity contribution in [2.75, 3.05) is 6.54 Å². The van der Waals surface area contributed by atoms with Crippen molar-refractivity contribution < 1.29 is 13.5 Å². The van der Waals surface area contributed by atoms with Crippen molar-refractivity contribution in [2.45, 2.75) is 51.6 Å². The van der Waals surface area contributed by atoms with Crippen LogP contribution in [0, 0.1) is 23.2 Å². The minimum atomic E-state index is -2.77. The molecule has 4 saturated carbocycles. The molecule has 2 nitrogen and oxygen atoms in total. The van der Waals surface area contributed by atoms with Crippen molar-refractivity contribution in [1.29, 1.82) is 0 Å². The molecule has 0 amide bonds. The van der Waals surface area contributed by atoms with E-state index >= 15 is 0 Å². The van der Waals surface area contributed by atoms with E-state index in [1.165, 1.54) is 44.9 Å². The third kappa shape index (κ3) is 3.47. The summed E-state index contributed by atoms with van der Waals surface area (Å²) in [4.78, 5) is 4.59. The van der Waals surface area contributed by atoms with Gasteiger partial charge in [0.2, 0.25) is 0 Å². The molecule has 130 valence electrons. The molecule has 5 rings (SSSR count). The van der Waals surface area contributed by atoms with Crippen LogP contribution in [-0.2, 0) is 0 Å². The summed E-state index contributed by atoms with van der Waals surface area (Å²) in [5.41, 5.74) is 1.50. The first kappa shape index (κ1) is 16.0. The molecule has 1 aromatic rings. The van der Waals surface area contributed by atoms with Crippen LogP contribution in [0.3, 0.4) is 0 Å². The predicted octanol–water partition coefficient (Wildman–Crippen LogP) is 5.31. The molecule has 0 aliphatic heterocycles.